The number of rotatable bonds is 3. The molecule has 0 aliphatic heterocycles. The number of amides is 1. The van der Waals surface area contributed by atoms with Crippen LogP contribution >= 0.6 is 15.9 Å². The standard InChI is InChI=1S/C17H22BrNO2/c1-16(2,3)10-17(4,5)19-15(20)14-9-11-12(18)7-6-8-13(11)21-14/h6-9H,10H2,1-5H3,(H,19,20). The number of benzene rings is 1. The number of hydrogen-bond donors (Lipinski definition) is 1. The van der Waals surface area contributed by atoms with Crippen LogP contribution < -0.4 is 5.32 Å². The van der Waals surface area contributed by atoms with E-state index in [-0.39, 0.29) is 16.9 Å². The molecule has 0 bridgehead atoms. The maximum Gasteiger partial charge on any atom is 0.287 e. The molecule has 1 heterocycles. The first-order valence-electron chi connectivity index (χ1n) is 7.08. The van der Waals surface area contributed by atoms with Gasteiger partial charge in [0.25, 0.3) is 5.91 Å². The normalized spacial score (nSPS) is 12.7. The summed E-state index contributed by atoms with van der Waals surface area (Å²) in [7, 11) is 0. The van der Waals surface area contributed by atoms with Gasteiger partial charge in [0.2, 0.25) is 0 Å². The van der Waals surface area contributed by atoms with Crippen molar-refractivity contribution >= 4 is 32.8 Å². The van der Waals surface area contributed by atoms with Crippen LogP contribution in [0.5, 0.6) is 0 Å². The van der Waals surface area contributed by atoms with Crippen LogP contribution in [0, 0.1) is 5.41 Å². The van der Waals surface area contributed by atoms with Gasteiger partial charge in [-0.3, -0.25) is 4.79 Å². The van der Waals surface area contributed by atoms with E-state index in [2.05, 4.69) is 42.0 Å². The third-order valence-electron chi connectivity index (χ3n) is 3.16. The highest BCUT2D eigenvalue weighted by atomic mass is 79.9. The van der Waals surface area contributed by atoms with Gasteiger partial charge >= 0.3 is 0 Å². The Balaban J connectivity index is 2.21. The summed E-state index contributed by atoms with van der Waals surface area (Å²) in [5.74, 6) is 0.172. The number of carbonyl (C=O) groups excluding carboxylic acids is 1. The SMILES string of the molecule is CC(C)(C)CC(C)(C)NC(=O)c1cc2c(Br)cccc2o1. The first-order valence-corrected chi connectivity index (χ1v) is 7.87. The van der Waals surface area contributed by atoms with Gasteiger partial charge in [-0.05, 0) is 43.9 Å². The number of hydrogen-bond acceptors (Lipinski definition) is 2. The molecule has 0 saturated heterocycles. The van der Waals surface area contributed by atoms with Gasteiger partial charge in [0.05, 0.1) is 0 Å². The highest BCUT2D eigenvalue weighted by Crippen LogP contribution is 2.29. The Hall–Kier alpha value is -1.29. The van der Waals surface area contributed by atoms with E-state index in [1.54, 1.807) is 6.07 Å². The van der Waals surface area contributed by atoms with E-state index < -0.39 is 0 Å². The second-order valence-electron chi connectivity index (χ2n) is 7.34. The van der Waals surface area contributed by atoms with E-state index in [0.29, 0.717) is 11.3 Å². The van der Waals surface area contributed by atoms with Gasteiger partial charge in [-0.1, -0.05) is 42.8 Å². The number of furan rings is 1. The van der Waals surface area contributed by atoms with E-state index in [0.717, 1.165) is 16.3 Å². The van der Waals surface area contributed by atoms with Gasteiger partial charge in [-0.15, -0.1) is 0 Å². The Morgan fingerprint density at radius 3 is 2.48 bits per heavy atom. The van der Waals surface area contributed by atoms with E-state index in [4.69, 9.17) is 4.42 Å². The third-order valence-corrected chi connectivity index (χ3v) is 3.85. The maximum atomic E-state index is 12.4. The molecule has 2 aromatic rings. The predicted molar refractivity (Wildman–Crippen MR) is 89.5 cm³/mol. The summed E-state index contributed by atoms with van der Waals surface area (Å²) >= 11 is 3.47. The minimum atomic E-state index is -0.286. The van der Waals surface area contributed by atoms with Crippen molar-refractivity contribution in [1.29, 1.82) is 0 Å². The van der Waals surface area contributed by atoms with Crippen LogP contribution in [0.15, 0.2) is 33.2 Å². The Labute approximate surface area is 134 Å². The number of halogens is 1. The largest absolute Gasteiger partial charge is 0.451 e. The van der Waals surface area contributed by atoms with Crippen LogP contribution in [0.25, 0.3) is 11.0 Å². The Morgan fingerprint density at radius 1 is 1.24 bits per heavy atom. The van der Waals surface area contributed by atoms with Gasteiger partial charge in [0, 0.05) is 15.4 Å². The van der Waals surface area contributed by atoms with Crippen LogP contribution in [0.4, 0.5) is 0 Å². The van der Waals surface area contributed by atoms with Crippen LogP contribution in [0.1, 0.15) is 51.6 Å². The lowest BCUT2D eigenvalue weighted by Crippen LogP contribution is -2.45. The quantitative estimate of drug-likeness (QED) is 0.831. The molecule has 21 heavy (non-hydrogen) atoms. The van der Waals surface area contributed by atoms with Crippen molar-refractivity contribution < 1.29 is 9.21 Å². The van der Waals surface area contributed by atoms with E-state index >= 15 is 0 Å². The highest BCUT2D eigenvalue weighted by molar-refractivity contribution is 9.10. The average molecular weight is 352 g/mol. The molecule has 0 radical (unpaired) electrons. The molecule has 0 aliphatic carbocycles. The van der Waals surface area contributed by atoms with Crippen molar-refractivity contribution in [2.75, 3.05) is 0 Å². The summed E-state index contributed by atoms with van der Waals surface area (Å²) in [6.45, 7) is 10.6. The molecule has 1 N–H and O–H groups in total. The monoisotopic (exact) mass is 351 g/mol. The molecule has 1 amide bonds. The fourth-order valence-corrected chi connectivity index (χ4v) is 3.34. The molecular weight excluding hydrogens is 330 g/mol. The molecule has 0 unspecified atom stereocenters. The van der Waals surface area contributed by atoms with E-state index in [1.807, 2.05) is 32.0 Å². The lowest BCUT2D eigenvalue weighted by atomic mass is 9.82. The number of fused-ring (bicyclic) bond motifs is 1. The lowest BCUT2D eigenvalue weighted by molar-refractivity contribution is 0.0865. The number of carbonyl (C=O) groups is 1. The Kier molecular flexibility index (Phi) is 4.20. The van der Waals surface area contributed by atoms with Gasteiger partial charge in [0.15, 0.2) is 5.76 Å². The van der Waals surface area contributed by atoms with E-state index in [1.165, 1.54) is 0 Å². The molecule has 1 aromatic carbocycles. The summed E-state index contributed by atoms with van der Waals surface area (Å²) < 4.78 is 6.57. The van der Waals surface area contributed by atoms with Crippen LogP contribution in [0.2, 0.25) is 0 Å². The van der Waals surface area contributed by atoms with Crippen molar-refractivity contribution in [3.05, 3.63) is 34.5 Å². The number of nitrogens with one attached hydrogen (secondary N) is 1. The molecule has 0 spiro atoms. The molecule has 2 rings (SSSR count). The molecule has 0 fully saturated rings. The van der Waals surface area contributed by atoms with Crippen molar-refractivity contribution in [2.45, 2.75) is 46.6 Å². The summed E-state index contributed by atoms with van der Waals surface area (Å²) in [5.41, 5.74) is 0.572. The molecule has 114 valence electrons. The second-order valence-corrected chi connectivity index (χ2v) is 8.19. The van der Waals surface area contributed by atoms with Crippen LogP contribution in [0.3, 0.4) is 0 Å². The van der Waals surface area contributed by atoms with Crippen LogP contribution in [-0.2, 0) is 0 Å². The predicted octanol–water partition coefficient (Wildman–Crippen LogP) is 5.14. The minimum Gasteiger partial charge on any atom is -0.451 e. The van der Waals surface area contributed by atoms with Gasteiger partial charge in [0.1, 0.15) is 5.58 Å². The first kappa shape index (κ1) is 16.1. The van der Waals surface area contributed by atoms with E-state index in [9.17, 15) is 4.79 Å². The zero-order chi connectivity index (χ0) is 15.8. The van der Waals surface area contributed by atoms with Crippen molar-refractivity contribution in [2.24, 2.45) is 5.41 Å². The molecule has 0 saturated carbocycles. The minimum absolute atomic E-state index is 0.147. The molecule has 0 aliphatic rings. The summed E-state index contributed by atoms with van der Waals surface area (Å²) in [5, 5.41) is 3.97. The summed E-state index contributed by atoms with van der Waals surface area (Å²) in [4.78, 5) is 12.4. The topological polar surface area (TPSA) is 42.2 Å². The Morgan fingerprint density at radius 2 is 1.90 bits per heavy atom. The van der Waals surface area contributed by atoms with Gasteiger partial charge in [-0.25, -0.2) is 0 Å². The smallest absolute Gasteiger partial charge is 0.287 e. The average Bonchev–Trinajstić information content (AvgIpc) is 2.70. The van der Waals surface area contributed by atoms with Crippen molar-refractivity contribution in [3.63, 3.8) is 0 Å². The van der Waals surface area contributed by atoms with Gasteiger partial charge < -0.3 is 9.73 Å². The summed E-state index contributed by atoms with van der Waals surface area (Å²) in [6.07, 6.45) is 0.885. The zero-order valence-electron chi connectivity index (χ0n) is 13.2. The fourth-order valence-electron chi connectivity index (χ4n) is 2.88. The molecule has 1 aromatic heterocycles. The Bertz CT molecular complexity index is 665. The fraction of sp³-hybridized carbons (Fsp3) is 0.471. The molecular formula is C17H22BrNO2. The third kappa shape index (κ3) is 4.10. The van der Waals surface area contributed by atoms with Crippen molar-refractivity contribution in [1.82, 2.24) is 5.32 Å². The highest BCUT2D eigenvalue weighted by Gasteiger charge is 2.28. The summed E-state index contributed by atoms with van der Waals surface area (Å²) in [6, 6.07) is 7.46. The van der Waals surface area contributed by atoms with Crippen LogP contribution in [-0.4, -0.2) is 11.4 Å². The molecule has 3 nitrogen and oxygen atoms in total. The molecule has 4 heteroatoms. The molecule has 0 atom stereocenters. The second kappa shape index (κ2) is 5.48. The first-order chi connectivity index (χ1) is 9.57. The van der Waals surface area contributed by atoms with Gasteiger partial charge in [-0.2, -0.15) is 0 Å². The maximum absolute atomic E-state index is 12.4. The van der Waals surface area contributed by atoms with Crippen molar-refractivity contribution in [3.8, 4) is 0 Å². The lowest BCUT2D eigenvalue weighted by Gasteiger charge is -2.33. The zero-order valence-corrected chi connectivity index (χ0v) is 14.8.